The summed E-state index contributed by atoms with van der Waals surface area (Å²) in [5.74, 6) is -0.309. The molecule has 0 aromatic heterocycles. The zero-order valence-electron chi connectivity index (χ0n) is 10.1. The average molecular weight is 323 g/mol. The lowest BCUT2D eigenvalue weighted by molar-refractivity contribution is -0.152. The molecule has 5 heteroatoms. The highest BCUT2D eigenvalue weighted by atomic mass is 79.9. The van der Waals surface area contributed by atoms with Crippen molar-refractivity contribution in [1.29, 1.82) is 0 Å². The Bertz CT molecular complexity index is 396. The summed E-state index contributed by atoms with van der Waals surface area (Å²) in [6, 6.07) is 7.20. The minimum absolute atomic E-state index is 0. The summed E-state index contributed by atoms with van der Waals surface area (Å²) in [4.78, 5) is 11.6. The predicted octanol–water partition coefficient (Wildman–Crippen LogP) is 3.07. The van der Waals surface area contributed by atoms with E-state index in [1.807, 2.05) is 24.3 Å². The SMILES string of the molecule is COC(=O)C(C)(C)[C@@H](N)c1ccccc1Br.Cl. The molecule has 1 atom stereocenters. The maximum Gasteiger partial charge on any atom is 0.313 e. The summed E-state index contributed by atoms with van der Waals surface area (Å²) in [6.07, 6.45) is 0. The first kappa shape index (κ1) is 16.4. The molecule has 0 saturated heterocycles. The van der Waals surface area contributed by atoms with Crippen LogP contribution in [-0.4, -0.2) is 13.1 Å². The lowest BCUT2D eigenvalue weighted by Crippen LogP contribution is -2.37. The smallest absolute Gasteiger partial charge is 0.313 e. The molecular formula is C12H17BrClNO2. The Balaban J connectivity index is 0.00000256. The van der Waals surface area contributed by atoms with E-state index in [4.69, 9.17) is 10.5 Å². The molecule has 3 nitrogen and oxygen atoms in total. The monoisotopic (exact) mass is 321 g/mol. The first-order valence-electron chi connectivity index (χ1n) is 4.99. The molecule has 0 saturated carbocycles. The van der Waals surface area contributed by atoms with Gasteiger partial charge in [-0.15, -0.1) is 12.4 Å². The predicted molar refractivity (Wildman–Crippen MR) is 74.1 cm³/mol. The van der Waals surface area contributed by atoms with Crippen LogP contribution in [0.1, 0.15) is 25.5 Å². The molecule has 0 unspecified atom stereocenters. The third kappa shape index (κ3) is 3.44. The van der Waals surface area contributed by atoms with Gasteiger partial charge in [0.2, 0.25) is 0 Å². The molecule has 0 fully saturated rings. The molecule has 1 aromatic carbocycles. The number of halogens is 2. The summed E-state index contributed by atoms with van der Waals surface area (Å²) in [7, 11) is 1.37. The molecule has 0 amide bonds. The van der Waals surface area contributed by atoms with Gasteiger partial charge in [-0.2, -0.15) is 0 Å². The van der Waals surface area contributed by atoms with E-state index in [1.165, 1.54) is 7.11 Å². The molecule has 0 spiro atoms. The number of esters is 1. The molecule has 0 bridgehead atoms. The standard InChI is InChI=1S/C12H16BrNO2.ClH/c1-12(2,11(15)16-3)10(14)8-6-4-5-7-9(8)13;/h4-7,10H,14H2,1-3H3;1H/t10-;/m0./s1. The maximum absolute atomic E-state index is 11.6. The Kier molecular flexibility index (Phi) is 6.16. The normalized spacial score (nSPS) is 12.5. The summed E-state index contributed by atoms with van der Waals surface area (Å²) < 4.78 is 5.67. The van der Waals surface area contributed by atoms with Gasteiger partial charge in [0.15, 0.2) is 0 Å². The number of carbonyl (C=O) groups excluding carboxylic acids is 1. The van der Waals surface area contributed by atoms with Gasteiger partial charge < -0.3 is 10.5 Å². The fourth-order valence-corrected chi connectivity index (χ4v) is 2.04. The van der Waals surface area contributed by atoms with E-state index in [-0.39, 0.29) is 18.4 Å². The van der Waals surface area contributed by atoms with Crippen LogP contribution in [0.3, 0.4) is 0 Å². The third-order valence-corrected chi connectivity index (χ3v) is 3.45. The van der Waals surface area contributed by atoms with Gasteiger partial charge in [0.05, 0.1) is 12.5 Å². The fraction of sp³-hybridized carbons (Fsp3) is 0.417. The van der Waals surface area contributed by atoms with Crippen LogP contribution in [0.25, 0.3) is 0 Å². The van der Waals surface area contributed by atoms with E-state index in [0.717, 1.165) is 10.0 Å². The summed E-state index contributed by atoms with van der Waals surface area (Å²) in [5, 5.41) is 0. The van der Waals surface area contributed by atoms with Crippen LogP contribution < -0.4 is 5.73 Å². The largest absolute Gasteiger partial charge is 0.469 e. The Morgan fingerprint density at radius 1 is 1.41 bits per heavy atom. The van der Waals surface area contributed by atoms with Crippen LogP contribution in [0.2, 0.25) is 0 Å². The van der Waals surface area contributed by atoms with Crippen molar-refractivity contribution in [3.05, 3.63) is 34.3 Å². The number of methoxy groups -OCH3 is 1. The highest BCUT2D eigenvalue weighted by Crippen LogP contribution is 2.35. The van der Waals surface area contributed by atoms with E-state index in [0.29, 0.717) is 0 Å². The first-order chi connectivity index (χ1) is 7.41. The van der Waals surface area contributed by atoms with Crippen molar-refractivity contribution in [3.8, 4) is 0 Å². The van der Waals surface area contributed by atoms with Crippen LogP contribution in [0.4, 0.5) is 0 Å². The Morgan fingerprint density at radius 2 is 1.94 bits per heavy atom. The Hall–Kier alpha value is -0.580. The number of carbonyl (C=O) groups is 1. The van der Waals surface area contributed by atoms with Crippen LogP contribution in [0.15, 0.2) is 28.7 Å². The van der Waals surface area contributed by atoms with E-state index < -0.39 is 11.5 Å². The quantitative estimate of drug-likeness (QED) is 0.870. The van der Waals surface area contributed by atoms with Crippen molar-refractivity contribution in [2.45, 2.75) is 19.9 Å². The van der Waals surface area contributed by atoms with Gasteiger partial charge in [0.25, 0.3) is 0 Å². The van der Waals surface area contributed by atoms with Crippen LogP contribution in [-0.2, 0) is 9.53 Å². The number of rotatable bonds is 3. The van der Waals surface area contributed by atoms with E-state index >= 15 is 0 Å². The van der Waals surface area contributed by atoms with Crippen LogP contribution in [0, 0.1) is 5.41 Å². The third-order valence-electron chi connectivity index (χ3n) is 2.73. The summed E-state index contributed by atoms with van der Waals surface area (Å²) >= 11 is 3.43. The van der Waals surface area contributed by atoms with Gasteiger partial charge >= 0.3 is 5.97 Å². The topological polar surface area (TPSA) is 52.3 Å². The van der Waals surface area contributed by atoms with Crippen molar-refractivity contribution in [3.63, 3.8) is 0 Å². The molecule has 2 N–H and O–H groups in total. The van der Waals surface area contributed by atoms with Crippen molar-refractivity contribution < 1.29 is 9.53 Å². The molecule has 17 heavy (non-hydrogen) atoms. The molecule has 1 aromatic rings. The van der Waals surface area contributed by atoms with Gasteiger partial charge in [-0.1, -0.05) is 34.1 Å². The van der Waals surface area contributed by atoms with Gasteiger partial charge in [-0.25, -0.2) is 0 Å². The molecule has 0 aliphatic carbocycles. The van der Waals surface area contributed by atoms with Gasteiger partial charge in [0, 0.05) is 10.5 Å². The van der Waals surface area contributed by atoms with E-state index in [9.17, 15) is 4.79 Å². The molecule has 0 heterocycles. The second kappa shape index (κ2) is 6.38. The van der Waals surface area contributed by atoms with Crippen molar-refractivity contribution in [2.75, 3.05) is 7.11 Å². The van der Waals surface area contributed by atoms with Gasteiger partial charge in [-0.05, 0) is 25.5 Å². The zero-order valence-corrected chi connectivity index (χ0v) is 12.5. The molecule has 0 aliphatic heterocycles. The lowest BCUT2D eigenvalue weighted by Gasteiger charge is -2.29. The molecular weight excluding hydrogens is 305 g/mol. The van der Waals surface area contributed by atoms with Crippen LogP contribution >= 0.6 is 28.3 Å². The Morgan fingerprint density at radius 3 is 2.41 bits per heavy atom. The number of nitrogens with two attached hydrogens (primary N) is 1. The molecule has 1 rings (SSSR count). The highest BCUT2D eigenvalue weighted by molar-refractivity contribution is 9.10. The number of benzene rings is 1. The average Bonchev–Trinajstić information content (AvgIpc) is 2.27. The molecule has 0 radical (unpaired) electrons. The van der Waals surface area contributed by atoms with E-state index in [2.05, 4.69) is 15.9 Å². The van der Waals surface area contributed by atoms with Crippen LogP contribution in [0.5, 0.6) is 0 Å². The van der Waals surface area contributed by atoms with Crippen molar-refractivity contribution in [2.24, 2.45) is 11.1 Å². The second-order valence-electron chi connectivity index (χ2n) is 4.21. The van der Waals surface area contributed by atoms with E-state index in [1.54, 1.807) is 13.8 Å². The first-order valence-corrected chi connectivity index (χ1v) is 5.79. The fourth-order valence-electron chi connectivity index (χ4n) is 1.51. The number of hydrogen-bond acceptors (Lipinski definition) is 3. The van der Waals surface area contributed by atoms with Crippen molar-refractivity contribution in [1.82, 2.24) is 0 Å². The maximum atomic E-state index is 11.6. The van der Waals surface area contributed by atoms with Gasteiger partial charge in [0.1, 0.15) is 0 Å². The van der Waals surface area contributed by atoms with Crippen molar-refractivity contribution >= 4 is 34.3 Å². The zero-order chi connectivity index (χ0) is 12.3. The second-order valence-corrected chi connectivity index (χ2v) is 5.07. The minimum atomic E-state index is -0.751. The summed E-state index contributed by atoms with van der Waals surface area (Å²) in [6.45, 7) is 3.56. The molecule has 96 valence electrons. The highest BCUT2D eigenvalue weighted by Gasteiger charge is 2.37. The number of hydrogen-bond donors (Lipinski definition) is 1. The minimum Gasteiger partial charge on any atom is -0.469 e. The lowest BCUT2D eigenvalue weighted by atomic mass is 9.81. The summed E-state index contributed by atoms with van der Waals surface area (Å²) in [5.41, 5.74) is 6.27. The number of ether oxygens (including phenoxy) is 1. The molecule has 0 aliphatic rings. The Labute approximate surface area is 116 Å². The van der Waals surface area contributed by atoms with Gasteiger partial charge in [-0.3, -0.25) is 4.79 Å².